The number of carbonyl (C=O) groups excluding carboxylic acids is 1. The predicted octanol–water partition coefficient (Wildman–Crippen LogP) is 3.43. The zero-order valence-electron chi connectivity index (χ0n) is 13.7. The number of anilines is 1. The maximum absolute atomic E-state index is 12.3. The first-order chi connectivity index (χ1) is 11.0. The van der Waals surface area contributed by atoms with Gasteiger partial charge in [0.15, 0.2) is 5.16 Å². The van der Waals surface area contributed by atoms with Gasteiger partial charge in [0, 0.05) is 10.9 Å². The molecule has 1 atom stereocenters. The van der Waals surface area contributed by atoms with Crippen LogP contribution < -0.4 is 11.1 Å². The van der Waals surface area contributed by atoms with Crippen LogP contribution in [0.4, 0.5) is 5.82 Å². The second-order valence-electron chi connectivity index (χ2n) is 6.10. The Hall–Kier alpha value is -1.34. The number of nitrogens with two attached hydrogens (primary N) is 1. The van der Waals surface area contributed by atoms with Crippen molar-refractivity contribution in [3.63, 3.8) is 0 Å². The normalized spacial score (nSPS) is 16.8. The minimum atomic E-state index is -0.227. The molecule has 0 spiro atoms. The molecule has 2 aromatic heterocycles. The van der Waals surface area contributed by atoms with Gasteiger partial charge in [-0.1, -0.05) is 24.6 Å². The summed E-state index contributed by atoms with van der Waals surface area (Å²) >= 11 is 3.00. The molecule has 1 aliphatic carbocycles. The van der Waals surface area contributed by atoms with Crippen LogP contribution in [0.25, 0.3) is 10.2 Å². The molecular formula is C16H22N4OS2. The van der Waals surface area contributed by atoms with Crippen molar-refractivity contribution in [3.05, 3.63) is 10.4 Å². The molecule has 3 rings (SSSR count). The van der Waals surface area contributed by atoms with Gasteiger partial charge < -0.3 is 11.1 Å². The highest BCUT2D eigenvalue weighted by molar-refractivity contribution is 8.00. The summed E-state index contributed by atoms with van der Waals surface area (Å²) in [6.45, 7) is 5.99. The second kappa shape index (κ2) is 6.65. The number of fused-ring (bicyclic) bond motifs is 1. The number of nitrogens with one attached hydrogen (secondary N) is 1. The zero-order chi connectivity index (χ0) is 16.6. The molecule has 7 heteroatoms. The summed E-state index contributed by atoms with van der Waals surface area (Å²) in [5.74, 6) is 0.561. The Labute approximate surface area is 144 Å². The molecule has 0 aliphatic heterocycles. The molecule has 1 amide bonds. The molecule has 1 unspecified atom stereocenters. The highest BCUT2D eigenvalue weighted by Crippen LogP contribution is 2.34. The molecule has 0 radical (unpaired) electrons. The lowest BCUT2D eigenvalue weighted by Crippen LogP contribution is -2.37. The Morgan fingerprint density at radius 3 is 2.74 bits per heavy atom. The highest BCUT2D eigenvalue weighted by atomic mass is 32.2. The minimum Gasteiger partial charge on any atom is -0.383 e. The van der Waals surface area contributed by atoms with Crippen molar-refractivity contribution in [2.24, 2.45) is 0 Å². The van der Waals surface area contributed by atoms with Gasteiger partial charge in [-0.15, -0.1) is 11.3 Å². The number of hydrogen-bond acceptors (Lipinski definition) is 6. The van der Waals surface area contributed by atoms with Crippen LogP contribution in [-0.2, 0) is 4.79 Å². The molecule has 0 bridgehead atoms. The van der Waals surface area contributed by atoms with Crippen LogP contribution in [0.1, 0.15) is 43.0 Å². The summed E-state index contributed by atoms with van der Waals surface area (Å²) in [4.78, 5) is 23.4. The number of carbonyl (C=O) groups is 1. The number of aryl methyl sites for hydroxylation is 2. The maximum atomic E-state index is 12.3. The van der Waals surface area contributed by atoms with Crippen LogP contribution in [0.5, 0.6) is 0 Å². The summed E-state index contributed by atoms with van der Waals surface area (Å²) in [6, 6.07) is 0.335. The molecule has 1 saturated carbocycles. The van der Waals surface area contributed by atoms with E-state index in [4.69, 9.17) is 5.73 Å². The number of nitrogens with zero attached hydrogens (tertiary/aromatic N) is 2. The van der Waals surface area contributed by atoms with E-state index in [0.29, 0.717) is 17.0 Å². The van der Waals surface area contributed by atoms with E-state index in [9.17, 15) is 4.79 Å². The molecule has 5 nitrogen and oxygen atoms in total. The lowest BCUT2D eigenvalue weighted by Gasteiger charge is -2.15. The molecule has 1 fully saturated rings. The van der Waals surface area contributed by atoms with Gasteiger partial charge in [-0.3, -0.25) is 4.79 Å². The third-order valence-corrected chi connectivity index (χ3v) is 6.45. The average Bonchev–Trinajstić information content (AvgIpc) is 3.08. The smallest absolute Gasteiger partial charge is 0.233 e. The van der Waals surface area contributed by atoms with Gasteiger partial charge in [-0.25, -0.2) is 9.97 Å². The van der Waals surface area contributed by atoms with Crippen molar-refractivity contribution < 1.29 is 4.79 Å². The summed E-state index contributed by atoms with van der Waals surface area (Å²) in [7, 11) is 0. The fraction of sp³-hybridized carbons (Fsp3) is 0.562. The van der Waals surface area contributed by atoms with Gasteiger partial charge in [0.25, 0.3) is 0 Å². The van der Waals surface area contributed by atoms with Crippen LogP contribution >= 0.6 is 23.1 Å². The van der Waals surface area contributed by atoms with Crippen LogP contribution in [0.3, 0.4) is 0 Å². The largest absolute Gasteiger partial charge is 0.383 e. The predicted molar refractivity (Wildman–Crippen MR) is 97.0 cm³/mol. The SMILES string of the molecule is Cc1sc2nc(SC(C)C(=O)NC3CCCC3)nc(N)c2c1C. The van der Waals surface area contributed by atoms with Gasteiger partial charge in [0.05, 0.1) is 10.6 Å². The van der Waals surface area contributed by atoms with Crippen molar-refractivity contribution in [3.8, 4) is 0 Å². The Morgan fingerprint density at radius 1 is 1.35 bits per heavy atom. The number of hydrogen-bond donors (Lipinski definition) is 2. The lowest BCUT2D eigenvalue weighted by molar-refractivity contribution is -0.120. The van der Waals surface area contributed by atoms with E-state index in [-0.39, 0.29) is 11.2 Å². The van der Waals surface area contributed by atoms with E-state index in [0.717, 1.165) is 28.6 Å². The van der Waals surface area contributed by atoms with Gasteiger partial charge in [-0.2, -0.15) is 0 Å². The number of amides is 1. The Balaban J connectivity index is 1.74. The van der Waals surface area contributed by atoms with Gasteiger partial charge >= 0.3 is 0 Å². The van der Waals surface area contributed by atoms with Crippen molar-refractivity contribution in [1.29, 1.82) is 0 Å². The van der Waals surface area contributed by atoms with Crippen LogP contribution in [0.15, 0.2) is 5.16 Å². The van der Waals surface area contributed by atoms with E-state index >= 15 is 0 Å². The van der Waals surface area contributed by atoms with E-state index in [1.165, 1.54) is 29.5 Å². The Kier molecular flexibility index (Phi) is 4.77. The van der Waals surface area contributed by atoms with Gasteiger partial charge in [0.2, 0.25) is 5.91 Å². The lowest BCUT2D eigenvalue weighted by atomic mass is 10.2. The first kappa shape index (κ1) is 16.5. The second-order valence-corrected chi connectivity index (χ2v) is 8.62. The Bertz CT molecular complexity index is 737. The summed E-state index contributed by atoms with van der Waals surface area (Å²) < 4.78 is 0. The molecule has 0 aromatic carbocycles. The summed E-state index contributed by atoms with van der Waals surface area (Å²) in [5.41, 5.74) is 7.24. The average molecular weight is 351 g/mol. The molecule has 1 aliphatic rings. The Morgan fingerprint density at radius 2 is 2.04 bits per heavy atom. The topological polar surface area (TPSA) is 80.9 Å². The molecular weight excluding hydrogens is 328 g/mol. The molecule has 2 aromatic rings. The van der Waals surface area contributed by atoms with Crippen molar-refractivity contribution in [2.75, 3.05) is 5.73 Å². The van der Waals surface area contributed by atoms with E-state index in [1.807, 2.05) is 13.8 Å². The first-order valence-corrected chi connectivity index (χ1v) is 9.65. The number of thioether (sulfide) groups is 1. The van der Waals surface area contributed by atoms with Crippen molar-refractivity contribution in [1.82, 2.24) is 15.3 Å². The van der Waals surface area contributed by atoms with E-state index in [2.05, 4.69) is 22.2 Å². The van der Waals surface area contributed by atoms with Crippen LogP contribution in [0, 0.1) is 13.8 Å². The third-order valence-electron chi connectivity index (χ3n) is 4.39. The first-order valence-electron chi connectivity index (χ1n) is 7.96. The number of aromatic nitrogens is 2. The van der Waals surface area contributed by atoms with Gasteiger partial charge in [0.1, 0.15) is 10.6 Å². The fourth-order valence-corrected chi connectivity index (χ4v) is 4.79. The third kappa shape index (κ3) is 3.45. The number of thiophene rings is 1. The minimum absolute atomic E-state index is 0.0581. The number of rotatable bonds is 4. The molecule has 124 valence electrons. The van der Waals surface area contributed by atoms with Gasteiger partial charge in [-0.05, 0) is 39.2 Å². The van der Waals surface area contributed by atoms with E-state index in [1.54, 1.807) is 11.3 Å². The maximum Gasteiger partial charge on any atom is 0.233 e. The van der Waals surface area contributed by atoms with Crippen molar-refractivity contribution in [2.45, 2.75) is 62.9 Å². The monoisotopic (exact) mass is 350 g/mol. The summed E-state index contributed by atoms with van der Waals surface area (Å²) in [5, 5.41) is 4.41. The van der Waals surface area contributed by atoms with Crippen LogP contribution in [-0.4, -0.2) is 27.2 Å². The quantitative estimate of drug-likeness (QED) is 0.652. The molecule has 0 saturated heterocycles. The highest BCUT2D eigenvalue weighted by Gasteiger charge is 2.22. The fourth-order valence-electron chi connectivity index (χ4n) is 2.91. The number of nitrogen functional groups attached to an aromatic ring is 1. The molecule has 3 N–H and O–H groups in total. The summed E-state index contributed by atoms with van der Waals surface area (Å²) in [6.07, 6.45) is 4.60. The molecule has 23 heavy (non-hydrogen) atoms. The zero-order valence-corrected chi connectivity index (χ0v) is 15.3. The van der Waals surface area contributed by atoms with Crippen LogP contribution in [0.2, 0.25) is 0 Å². The standard InChI is InChI=1S/C16H22N4OS2/c1-8-9(2)22-15-12(8)13(17)19-16(20-15)23-10(3)14(21)18-11-6-4-5-7-11/h10-11H,4-7H2,1-3H3,(H,18,21)(H2,17,19,20). The van der Waals surface area contributed by atoms with E-state index < -0.39 is 0 Å². The van der Waals surface area contributed by atoms with Crippen molar-refractivity contribution >= 4 is 45.0 Å². The molecule has 2 heterocycles.